The molecule has 0 saturated carbocycles. The van der Waals surface area contributed by atoms with Crippen molar-refractivity contribution in [3.63, 3.8) is 0 Å². The Morgan fingerprint density at radius 3 is 2.41 bits per heavy atom. The van der Waals surface area contributed by atoms with Gasteiger partial charge in [0.05, 0.1) is 6.42 Å². The summed E-state index contributed by atoms with van der Waals surface area (Å²) in [6.07, 6.45) is 2.54. The molecule has 0 aliphatic rings. The van der Waals surface area contributed by atoms with Crippen LogP contribution in [0.1, 0.15) is 32.3 Å². The van der Waals surface area contributed by atoms with Gasteiger partial charge in [-0.2, -0.15) is 0 Å². The Morgan fingerprint density at radius 2 is 1.88 bits per heavy atom. The lowest BCUT2D eigenvalue weighted by Crippen LogP contribution is -2.33. The van der Waals surface area contributed by atoms with E-state index in [1.807, 2.05) is 29.2 Å². The number of carbonyl (C=O) groups excluding carboxylic acids is 1. The van der Waals surface area contributed by atoms with E-state index in [4.69, 9.17) is 0 Å². The van der Waals surface area contributed by atoms with Gasteiger partial charge >= 0.3 is 0 Å². The van der Waals surface area contributed by atoms with Crippen LogP contribution in [0.5, 0.6) is 0 Å². The third-order valence-corrected chi connectivity index (χ3v) is 3.08. The number of carbonyl (C=O) groups is 1. The maximum absolute atomic E-state index is 12.1. The number of hydrogen-bond acceptors (Lipinski definition) is 1. The maximum Gasteiger partial charge on any atom is 0.226 e. The van der Waals surface area contributed by atoms with Gasteiger partial charge in [0.2, 0.25) is 5.91 Å². The van der Waals surface area contributed by atoms with E-state index in [1.54, 1.807) is 0 Å². The molecule has 0 radical (unpaired) electrons. The van der Waals surface area contributed by atoms with Gasteiger partial charge in [0, 0.05) is 17.6 Å². The Morgan fingerprint density at radius 1 is 1.24 bits per heavy atom. The molecule has 0 heterocycles. The smallest absolute Gasteiger partial charge is 0.226 e. The second-order valence-electron chi connectivity index (χ2n) is 4.19. The predicted octanol–water partition coefficient (Wildman–Crippen LogP) is 3.64. The monoisotopic (exact) mass is 297 g/mol. The second-order valence-corrected chi connectivity index (χ2v) is 5.10. The van der Waals surface area contributed by atoms with E-state index >= 15 is 0 Å². The molecule has 0 unspecified atom stereocenters. The van der Waals surface area contributed by atoms with Crippen molar-refractivity contribution in [2.24, 2.45) is 0 Å². The standard InChI is InChI=1S/C14H20BrNO/c1-3-8-16(9-4-2)14(17)11-12-6-5-7-13(15)10-12/h5-7,10H,3-4,8-9,11H2,1-2H3. The quantitative estimate of drug-likeness (QED) is 0.785. The van der Waals surface area contributed by atoms with Gasteiger partial charge in [0.15, 0.2) is 0 Å². The molecule has 2 nitrogen and oxygen atoms in total. The first-order chi connectivity index (χ1) is 8.17. The van der Waals surface area contributed by atoms with Crippen LogP contribution in [0.2, 0.25) is 0 Å². The van der Waals surface area contributed by atoms with Crippen LogP contribution in [-0.2, 0) is 11.2 Å². The molecule has 1 aromatic rings. The summed E-state index contributed by atoms with van der Waals surface area (Å²) in [5, 5.41) is 0. The van der Waals surface area contributed by atoms with Gasteiger partial charge in [-0.1, -0.05) is 41.9 Å². The number of rotatable bonds is 6. The van der Waals surface area contributed by atoms with E-state index in [0.29, 0.717) is 6.42 Å². The lowest BCUT2D eigenvalue weighted by atomic mass is 10.1. The highest BCUT2D eigenvalue weighted by Crippen LogP contribution is 2.13. The van der Waals surface area contributed by atoms with Crippen LogP contribution in [0.25, 0.3) is 0 Å². The number of halogens is 1. The molecule has 0 bridgehead atoms. The average Bonchev–Trinajstić information content (AvgIpc) is 2.28. The van der Waals surface area contributed by atoms with Gasteiger partial charge in [0.1, 0.15) is 0 Å². The molecule has 0 saturated heterocycles. The zero-order valence-corrected chi connectivity index (χ0v) is 12.2. The predicted molar refractivity (Wildman–Crippen MR) is 75.0 cm³/mol. The molecule has 0 N–H and O–H groups in total. The minimum absolute atomic E-state index is 0.229. The van der Waals surface area contributed by atoms with Crippen molar-refractivity contribution >= 4 is 21.8 Å². The normalized spacial score (nSPS) is 10.3. The summed E-state index contributed by atoms with van der Waals surface area (Å²) >= 11 is 3.43. The van der Waals surface area contributed by atoms with E-state index in [0.717, 1.165) is 36.0 Å². The summed E-state index contributed by atoms with van der Waals surface area (Å²) in [4.78, 5) is 14.1. The lowest BCUT2D eigenvalue weighted by Gasteiger charge is -2.21. The Bertz CT molecular complexity index is 359. The molecule has 1 aromatic carbocycles. The van der Waals surface area contributed by atoms with Gasteiger partial charge in [-0.25, -0.2) is 0 Å². The number of amides is 1. The summed E-state index contributed by atoms with van der Waals surface area (Å²) in [5.74, 6) is 0.229. The molecule has 0 spiro atoms. The van der Waals surface area contributed by atoms with Crippen LogP contribution in [0.15, 0.2) is 28.7 Å². The van der Waals surface area contributed by atoms with Crippen LogP contribution < -0.4 is 0 Å². The maximum atomic E-state index is 12.1. The zero-order chi connectivity index (χ0) is 12.7. The Labute approximate surface area is 112 Å². The van der Waals surface area contributed by atoms with Crippen LogP contribution in [-0.4, -0.2) is 23.9 Å². The van der Waals surface area contributed by atoms with Crippen LogP contribution in [0.4, 0.5) is 0 Å². The summed E-state index contributed by atoms with van der Waals surface area (Å²) in [6.45, 7) is 5.94. The summed E-state index contributed by atoms with van der Waals surface area (Å²) in [5.41, 5.74) is 1.07. The molecule has 0 aliphatic heterocycles. The van der Waals surface area contributed by atoms with Crippen molar-refractivity contribution < 1.29 is 4.79 Å². The topological polar surface area (TPSA) is 20.3 Å². The van der Waals surface area contributed by atoms with Crippen molar-refractivity contribution in [1.29, 1.82) is 0 Å². The first-order valence-electron chi connectivity index (χ1n) is 6.19. The fourth-order valence-electron chi connectivity index (χ4n) is 1.83. The number of hydrogen-bond donors (Lipinski definition) is 0. The van der Waals surface area contributed by atoms with Crippen molar-refractivity contribution in [3.05, 3.63) is 34.3 Å². The van der Waals surface area contributed by atoms with Gasteiger partial charge in [-0.15, -0.1) is 0 Å². The molecule has 0 atom stereocenters. The number of benzene rings is 1. The molecule has 1 amide bonds. The van der Waals surface area contributed by atoms with Gasteiger partial charge in [-0.05, 0) is 30.5 Å². The SMILES string of the molecule is CCCN(CCC)C(=O)Cc1cccc(Br)c1. The average molecular weight is 298 g/mol. The fourth-order valence-corrected chi connectivity index (χ4v) is 2.28. The zero-order valence-electron chi connectivity index (χ0n) is 10.6. The summed E-state index contributed by atoms with van der Waals surface area (Å²) < 4.78 is 1.03. The number of nitrogens with zero attached hydrogens (tertiary/aromatic N) is 1. The molecule has 17 heavy (non-hydrogen) atoms. The molecule has 0 fully saturated rings. The highest BCUT2D eigenvalue weighted by molar-refractivity contribution is 9.10. The van der Waals surface area contributed by atoms with E-state index in [-0.39, 0.29) is 5.91 Å². The van der Waals surface area contributed by atoms with Crippen molar-refractivity contribution in [3.8, 4) is 0 Å². The van der Waals surface area contributed by atoms with Gasteiger partial charge < -0.3 is 4.90 Å². The largest absolute Gasteiger partial charge is 0.342 e. The third kappa shape index (κ3) is 4.90. The van der Waals surface area contributed by atoms with E-state index in [2.05, 4.69) is 29.8 Å². The van der Waals surface area contributed by atoms with Crippen LogP contribution in [0.3, 0.4) is 0 Å². The second kappa shape index (κ2) is 7.49. The minimum Gasteiger partial charge on any atom is -0.342 e. The third-order valence-electron chi connectivity index (χ3n) is 2.58. The Hall–Kier alpha value is -0.830. The summed E-state index contributed by atoms with van der Waals surface area (Å²) in [6, 6.07) is 7.95. The minimum atomic E-state index is 0.229. The van der Waals surface area contributed by atoms with Crippen molar-refractivity contribution in [2.75, 3.05) is 13.1 Å². The highest BCUT2D eigenvalue weighted by Gasteiger charge is 2.12. The fraction of sp³-hybridized carbons (Fsp3) is 0.500. The lowest BCUT2D eigenvalue weighted by molar-refractivity contribution is -0.130. The van der Waals surface area contributed by atoms with Crippen molar-refractivity contribution in [1.82, 2.24) is 4.90 Å². The van der Waals surface area contributed by atoms with E-state index in [1.165, 1.54) is 0 Å². The van der Waals surface area contributed by atoms with Gasteiger partial charge in [-0.3, -0.25) is 4.79 Å². The Balaban J connectivity index is 2.62. The molecular weight excluding hydrogens is 278 g/mol. The molecule has 0 aromatic heterocycles. The molecular formula is C14H20BrNO. The molecule has 3 heteroatoms. The van der Waals surface area contributed by atoms with E-state index in [9.17, 15) is 4.79 Å². The first-order valence-corrected chi connectivity index (χ1v) is 6.98. The molecule has 94 valence electrons. The highest BCUT2D eigenvalue weighted by atomic mass is 79.9. The molecule has 0 aliphatic carbocycles. The van der Waals surface area contributed by atoms with Gasteiger partial charge in [0.25, 0.3) is 0 Å². The summed E-state index contributed by atoms with van der Waals surface area (Å²) in [7, 11) is 0. The van der Waals surface area contributed by atoms with E-state index < -0.39 is 0 Å². The van der Waals surface area contributed by atoms with Crippen molar-refractivity contribution in [2.45, 2.75) is 33.1 Å². The first kappa shape index (κ1) is 14.2. The molecule has 1 rings (SSSR count). The van der Waals surface area contributed by atoms with Crippen LogP contribution in [0, 0.1) is 0 Å². The van der Waals surface area contributed by atoms with Crippen LogP contribution >= 0.6 is 15.9 Å². The Kier molecular flexibility index (Phi) is 6.27.